The van der Waals surface area contributed by atoms with Crippen molar-refractivity contribution >= 4 is 17.3 Å². The molecule has 0 spiro atoms. The Morgan fingerprint density at radius 1 is 1.19 bits per heavy atom. The van der Waals surface area contributed by atoms with E-state index in [1.54, 1.807) is 13.2 Å². The fraction of sp³-hybridized carbons (Fsp3) is 0.350. The Morgan fingerprint density at radius 2 is 1.93 bits per heavy atom. The van der Waals surface area contributed by atoms with Crippen LogP contribution in [-0.4, -0.2) is 31.1 Å². The maximum absolute atomic E-state index is 12.7. The second-order valence-electron chi connectivity index (χ2n) is 6.54. The molecule has 7 heteroatoms. The van der Waals surface area contributed by atoms with E-state index in [0.29, 0.717) is 11.4 Å². The zero-order valence-electron chi connectivity index (χ0n) is 15.4. The maximum Gasteiger partial charge on any atom is 0.340 e. The van der Waals surface area contributed by atoms with Crippen molar-refractivity contribution < 1.29 is 19.2 Å². The molecule has 2 aromatic carbocycles. The fourth-order valence-corrected chi connectivity index (χ4v) is 3.28. The summed E-state index contributed by atoms with van der Waals surface area (Å²) in [6.07, 6.45) is 2.07. The van der Waals surface area contributed by atoms with Gasteiger partial charge >= 0.3 is 5.97 Å². The molecule has 0 bridgehead atoms. The van der Waals surface area contributed by atoms with Gasteiger partial charge in [0.2, 0.25) is 0 Å². The second kappa shape index (κ2) is 8.07. The van der Waals surface area contributed by atoms with Crippen molar-refractivity contribution in [2.45, 2.75) is 26.4 Å². The molecule has 0 aromatic heterocycles. The Kier molecular flexibility index (Phi) is 5.59. The molecule has 1 aliphatic heterocycles. The Balaban J connectivity index is 1.85. The number of anilines is 1. The molecule has 1 heterocycles. The first-order chi connectivity index (χ1) is 13.0. The Bertz CT molecular complexity index is 859. The van der Waals surface area contributed by atoms with Crippen molar-refractivity contribution in [3.05, 3.63) is 63.2 Å². The van der Waals surface area contributed by atoms with Crippen LogP contribution in [0.3, 0.4) is 0 Å². The Morgan fingerprint density at radius 3 is 2.59 bits per heavy atom. The van der Waals surface area contributed by atoms with Crippen LogP contribution >= 0.6 is 0 Å². The number of hydrogen-bond acceptors (Lipinski definition) is 6. The first-order valence-electron chi connectivity index (χ1n) is 8.83. The topological polar surface area (TPSA) is 81.9 Å². The number of benzene rings is 2. The molecule has 142 valence electrons. The first kappa shape index (κ1) is 18.7. The lowest BCUT2D eigenvalue weighted by Crippen LogP contribution is -2.21. The highest BCUT2D eigenvalue weighted by Gasteiger charge is 2.23. The number of esters is 1. The van der Waals surface area contributed by atoms with Crippen LogP contribution in [0.5, 0.6) is 5.75 Å². The van der Waals surface area contributed by atoms with Crippen LogP contribution in [0.1, 0.15) is 34.3 Å². The number of rotatable bonds is 6. The molecule has 0 saturated carbocycles. The summed E-state index contributed by atoms with van der Waals surface area (Å²) in [4.78, 5) is 25.4. The standard InChI is InChI=1S/C20H22N2O5/c1-14-5-8-19(26-2)15(11-14)13-27-20(23)17-12-16(22(24)25)6-7-18(17)21-9-3-4-10-21/h5-8,11-12H,3-4,9-10,13H2,1-2H3. The highest BCUT2D eigenvalue weighted by atomic mass is 16.6. The van der Waals surface area contributed by atoms with Gasteiger partial charge in [0.1, 0.15) is 12.4 Å². The minimum Gasteiger partial charge on any atom is -0.496 e. The predicted octanol–water partition coefficient (Wildman–Crippen LogP) is 3.87. The summed E-state index contributed by atoms with van der Waals surface area (Å²) in [7, 11) is 1.56. The molecule has 7 nitrogen and oxygen atoms in total. The van der Waals surface area contributed by atoms with E-state index in [-0.39, 0.29) is 17.9 Å². The van der Waals surface area contributed by atoms with Gasteiger partial charge in [-0.05, 0) is 38.0 Å². The predicted molar refractivity (Wildman–Crippen MR) is 101 cm³/mol. The average molecular weight is 370 g/mol. The molecule has 1 aliphatic rings. The van der Waals surface area contributed by atoms with Crippen LogP contribution in [0.4, 0.5) is 11.4 Å². The summed E-state index contributed by atoms with van der Waals surface area (Å²) >= 11 is 0. The van der Waals surface area contributed by atoms with Crippen LogP contribution in [0.15, 0.2) is 36.4 Å². The van der Waals surface area contributed by atoms with Gasteiger partial charge in [0, 0.05) is 30.8 Å². The zero-order valence-corrected chi connectivity index (χ0v) is 15.4. The lowest BCUT2D eigenvalue weighted by Gasteiger charge is -2.20. The molecular formula is C20H22N2O5. The fourth-order valence-electron chi connectivity index (χ4n) is 3.28. The van der Waals surface area contributed by atoms with E-state index in [2.05, 4.69) is 4.90 Å². The maximum atomic E-state index is 12.7. The summed E-state index contributed by atoms with van der Waals surface area (Å²) < 4.78 is 10.8. The quantitative estimate of drug-likeness (QED) is 0.436. The largest absolute Gasteiger partial charge is 0.496 e. The number of carbonyl (C=O) groups is 1. The summed E-state index contributed by atoms with van der Waals surface area (Å²) in [6, 6.07) is 9.98. The van der Waals surface area contributed by atoms with Crippen LogP contribution < -0.4 is 9.64 Å². The third kappa shape index (κ3) is 4.19. The highest BCUT2D eigenvalue weighted by molar-refractivity contribution is 5.96. The second-order valence-corrected chi connectivity index (χ2v) is 6.54. The molecule has 1 saturated heterocycles. The van der Waals surface area contributed by atoms with Gasteiger partial charge in [0.25, 0.3) is 5.69 Å². The number of nitro benzene ring substituents is 1. The molecule has 0 unspecified atom stereocenters. The number of nitro groups is 1. The molecule has 0 radical (unpaired) electrons. The minimum absolute atomic E-state index is 0.0336. The SMILES string of the molecule is COc1ccc(C)cc1COC(=O)c1cc([N+](=O)[O-])ccc1N1CCCC1. The number of carbonyl (C=O) groups excluding carboxylic acids is 1. The molecule has 27 heavy (non-hydrogen) atoms. The number of non-ortho nitro benzene ring substituents is 1. The Labute approximate surface area is 157 Å². The van der Waals surface area contributed by atoms with Gasteiger partial charge in [-0.25, -0.2) is 4.79 Å². The van der Waals surface area contributed by atoms with Gasteiger partial charge in [0.15, 0.2) is 0 Å². The third-order valence-corrected chi connectivity index (χ3v) is 4.65. The lowest BCUT2D eigenvalue weighted by molar-refractivity contribution is -0.384. The van der Waals surface area contributed by atoms with E-state index in [0.717, 1.165) is 37.1 Å². The van der Waals surface area contributed by atoms with Gasteiger partial charge in [-0.1, -0.05) is 11.6 Å². The van der Waals surface area contributed by atoms with Crippen molar-refractivity contribution in [1.29, 1.82) is 0 Å². The van der Waals surface area contributed by atoms with Crippen LogP contribution in [0.25, 0.3) is 0 Å². The molecule has 3 rings (SSSR count). The van der Waals surface area contributed by atoms with Crippen LogP contribution in [0.2, 0.25) is 0 Å². The number of ether oxygens (including phenoxy) is 2. The van der Waals surface area contributed by atoms with E-state index in [1.165, 1.54) is 12.1 Å². The van der Waals surface area contributed by atoms with Crippen molar-refractivity contribution in [3.8, 4) is 5.75 Å². The third-order valence-electron chi connectivity index (χ3n) is 4.65. The number of nitrogens with zero attached hydrogens (tertiary/aromatic N) is 2. The molecule has 0 aliphatic carbocycles. The molecule has 1 fully saturated rings. The van der Waals surface area contributed by atoms with E-state index >= 15 is 0 Å². The molecular weight excluding hydrogens is 348 g/mol. The van der Waals surface area contributed by atoms with Crippen LogP contribution in [0, 0.1) is 17.0 Å². The van der Waals surface area contributed by atoms with Gasteiger partial charge in [0.05, 0.1) is 23.3 Å². The zero-order chi connectivity index (χ0) is 19.4. The van der Waals surface area contributed by atoms with Gasteiger partial charge in [-0.3, -0.25) is 10.1 Å². The molecule has 0 atom stereocenters. The monoisotopic (exact) mass is 370 g/mol. The number of methoxy groups -OCH3 is 1. The minimum atomic E-state index is -0.579. The van der Waals surface area contributed by atoms with Crippen molar-refractivity contribution in [1.82, 2.24) is 0 Å². The van der Waals surface area contributed by atoms with Crippen molar-refractivity contribution in [2.24, 2.45) is 0 Å². The molecule has 0 amide bonds. The van der Waals surface area contributed by atoms with Gasteiger partial charge in [-0.15, -0.1) is 0 Å². The Hall–Kier alpha value is -3.09. The molecule has 2 aromatic rings. The van der Waals surface area contributed by atoms with Gasteiger partial charge in [-0.2, -0.15) is 0 Å². The normalized spacial score (nSPS) is 13.5. The lowest BCUT2D eigenvalue weighted by atomic mass is 10.1. The van der Waals surface area contributed by atoms with Crippen LogP contribution in [-0.2, 0) is 11.3 Å². The summed E-state index contributed by atoms with van der Waals surface area (Å²) in [5, 5.41) is 11.1. The first-order valence-corrected chi connectivity index (χ1v) is 8.83. The van der Waals surface area contributed by atoms with Crippen molar-refractivity contribution in [2.75, 3.05) is 25.1 Å². The van der Waals surface area contributed by atoms with E-state index in [1.807, 2.05) is 25.1 Å². The highest BCUT2D eigenvalue weighted by Crippen LogP contribution is 2.29. The summed E-state index contributed by atoms with van der Waals surface area (Å²) in [6.45, 7) is 3.62. The van der Waals surface area contributed by atoms with Gasteiger partial charge < -0.3 is 14.4 Å². The average Bonchev–Trinajstić information content (AvgIpc) is 3.20. The number of hydrogen-bond donors (Lipinski definition) is 0. The smallest absolute Gasteiger partial charge is 0.340 e. The summed E-state index contributed by atoms with van der Waals surface area (Å²) in [5.41, 5.74) is 2.55. The van der Waals surface area contributed by atoms with E-state index < -0.39 is 10.9 Å². The summed E-state index contributed by atoms with van der Waals surface area (Å²) in [5.74, 6) is 0.0522. The van der Waals surface area contributed by atoms with Crippen molar-refractivity contribution in [3.63, 3.8) is 0 Å². The van der Waals surface area contributed by atoms with E-state index in [9.17, 15) is 14.9 Å². The van der Waals surface area contributed by atoms with E-state index in [4.69, 9.17) is 9.47 Å². The number of aryl methyl sites for hydroxylation is 1. The molecule has 0 N–H and O–H groups in total.